The third kappa shape index (κ3) is 3.63. The molecule has 0 radical (unpaired) electrons. The van der Waals surface area contributed by atoms with Gasteiger partial charge < -0.3 is 4.57 Å². The van der Waals surface area contributed by atoms with E-state index in [1.807, 2.05) is 48.5 Å². The molecule has 11 rings (SSSR count). The first-order valence-electron chi connectivity index (χ1n) is 17.4. The molecule has 1 aliphatic carbocycles. The van der Waals surface area contributed by atoms with Crippen molar-refractivity contribution >= 4 is 59.6 Å². The van der Waals surface area contributed by atoms with Gasteiger partial charge in [0, 0.05) is 43.4 Å². The van der Waals surface area contributed by atoms with Crippen molar-refractivity contribution in [2.75, 3.05) is 0 Å². The lowest BCUT2D eigenvalue weighted by Gasteiger charge is -2.21. The molecule has 0 N–H and O–H groups in total. The summed E-state index contributed by atoms with van der Waals surface area (Å²) in [6, 6.07) is 50.6. The van der Waals surface area contributed by atoms with Crippen LogP contribution in [-0.2, 0) is 5.41 Å². The van der Waals surface area contributed by atoms with Gasteiger partial charge in [-0.3, -0.25) is 9.59 Å². The van der Waals surface area contributed by atoms with Crippen LogP contribution in [0, 0.1) is 0 Å². The Labute approximate surface area is 292 Å². The van der Waals surface area contributed by atoms with Gasteiger partial charge in [0.2, 0.25) is 0 Å². The molecule has 4 nitrogen and oxygen atoms in total. The predicted octanol–water partition coefficient (Wildman–Crippen LogP) is 10.6. The van der Waals surface area contributed by atoms with Crippen molar-refractivity contribution in [1.82, 2.24) is 8.97 Å². The van der Waals surface area contributed by atoms with E-state index in [4.69, 9.17) is 0 Å². The minimum absolute atomic E-state index is 0.114. The lowest BCUT2D eigenvalue weighted by atomic mass is 9.82. The Hall–Kier alpha value is -6.52. The van der Waals surface area contributed by atoms with E-state index in [1.165, 1.54) is 42.9 Å². The zero-order valence-corrected chi connectivity index (χ0v) is 28.1. The molecule has 0 saturated carbocycles. The highest BCUT2D eigenvalue weighted by Crippen LogP contribution is 2.51. The Morgan fingerprint density at radius 3 is 1.69 bits per heavy atom. The minimum atomic E-state index is -0.279. The lowest BCUT2D eigenvalue weighted by molar-refractivity contribution is 0.661. The first-order valence-corrected chi connectivity index (χ1v) is 17.4. The maximum atomic E-state index is 13.9. The van der Waals surface area contributed by atoms with Crippen LogP contribution in [0.3, 0.4) is 0 Å². The Morgan fingerprint density at radius 1 is 0.431 bits per heavy atom. The maximum absolute atomic E-state index is 13.9. The van der Waals surface area contributed by atoms with Crippen molar-refractivity contribution in [2.45, 2.75) is 19.3 Å². The van der Waals surface area contributed by atoms with E-state index >= 15 is 0 Å². The van der Waals surface area contributed by atoms with Gasteiger partial charge in [-0.1, -0.05) is 98.8 Å². The molecule has 0 fully saturated rings. The molecule has 0 atom stereocenters. The Bertz CT molecular complexity index is 3160. The summed E-state index contributed by atoms with van der Waals surface area (Å²) < 4.78 is 3.78. The third-order valence-corrected chi connectivity index (χ3v) is 11.5. The molecule has 10 aromatic rings. The van der Waals surface area contributed by atoms with E-state index in [9.17, 15) is 9.59 Å². The van der Waals surface area contributed by atoms with E-state index in [1.54, 1.807) is 0 Å². The Morgan fingerprint density at radius 2 is 1.00 bits per heavy atom. The van der Waals surface area contributed by atoms with Gasteiger partial charge in [-0.15, -0.1) is 0 Å². The molecule has 3 heterocycles. The fourth-order valence-corrected chi connectivity index (χ4v) is 9.05. The second-order valence-electron chi connectivity index (χ2n) is 14.4. The van der Waals surface area contributed by atoms with Gasteiger partial charge in [-0.2, -0.15) is 0 Å². The van der Waals surface area contributed by atoms with Gasteiger partial charge in [0.05, 0.1) is 16.6 Å². The molecular weight excluding hydrogens is 625 g/mol. The molecule has 0 aliphatic heterocycles. The summed E-state index contributed by atoms with van der Waals surface area (Å²) >= 11 is 0. The molecule has 0 bridgehead atoms. The number of aromatic nitrogens is 2. The maximum Gasteiger partial charge on any atom is 0.266 e. The summed E-state index contributed by atoms with van der Waals surface area (Å²) in [4.78, 5) is 27.7. The highest BCUT2D eigenvalue weighted by Gasteiger charge is 2.36. The van der Waals surface area contributed by atoms with Crippen LogP contribution < -0.4 is 11.1 Å². The molecule has 51 heavy (non-hydrogen) atoms. The van der Waals surface area contributed by atoms with Crippen molar-refractivity contribution in [2.24, 2.45) is 0 Å². The van der Waals surface area contributed by atoms with Crippen molar-refractivity contribution in [3.63, 3.8) is 0 Å². The van der Waals surface area contributed by atoms with Crippen LogP contribution in [0.5, 0.6) is 0 Å². The summed E-state index contributed by atoms with van der Waals surface area (Å²) in [5.74, 6) is 0. The molecule has 0 spiro atoms. The van der Waals surface area contributed by atoms with E-state index in [0.29, 0.717) is 16.3 Å². The largest absolute Gasteiger partial charge is 0.309 e. The van der Waals surface area contributed by atoms with E-state index in [2.05, 4.69) is 115 Å². The van der Waals surface area contributed by atoms with Crippen LogP contribution in [0.15, 0.2) is 155 Å². The average Bonchev–Trinajstić information content (AvgIpc) is 3.61. The highest BCUT2D eigenvalue weighted by atomic mass is 16.2. The van der Waals surface area contributed by atoms with Crippen LogP contribution >= 0.6 is 0 Å². The summed E-state index contributed by atoms with van der Waals surface area (Å²) in [5.41, 5.74) is 10.9. The van der Waals surface area contributed by atoms with Gasteiger partial charge >= 0.3 is 0 Å². The third-order valence-electron chi connectivity index (χ3n) is 11.5. The molecule has 0 unspecified atom stereocenters. The van der Waals surface area contributed by atoms with Crippen molar-refractivity contribution in [3.8, 4) is 27.9 Å². The van der Waals surface area contributed by atoms with Crippen LogP contribution in [0.2, 0.25) is 0 Å². The molecule has 1 aliphatic rings. The fraction of sp³-hybridized carbons (Fsp3) is 0.0638. The average molecular weight is 655 g/mol. The smallest absolute Gasteiger partial charge is 0.266 e. The van der Waals surface area contributed by atoms with E-state index in [0.717, 1.165) is 43.9 Å². The van der Waals surface area contributed by atoms with Gasteiger partial charge in [0.25, 0.3) is 11.1 Å². The van der Waals surface area contributed by atoms with Crippen LogP contribution in [0.1, 0.15) is 25.0 Å². The quantitative estimate of drug-likeness (QED) is 0.138. The monoisotopic (exact) mass is 654 g/mol. The van der Waals surface area contributed by atoms with Gasteiger partial charge in [-0.25, -0.2) is 4.40 Å². The number of para-hydroxylation sites is 1. The molecule has 4 heteroatoms. The lowest BCUT2D eigenvalue weighted by Crippen LogP contribution is -2.27. The van der Waals surface area contributed by atoms with Gasteiger partial charge in [0.1, 0.15) is 0 Å². The second-order valence-corrected chi connectivity index (χ2v) is 14.4. The second kappa shape index (κ2) is 9.80. The number of hydrogen-bond acceptors (Lipinski definition) is 2. The summed E-state index contributed by atoms with van der Waals surface area (Å²) in [6.07, 6.45) is 0. The highest BCUT2D eigenvalue weighted by molar-refractivity contribution is 6.20. The van der Waals surface area contributed by atoms with E-state index < -0.39 is 0 Å². The van der Waals surface area contributed by atoms with E-state index in [-0.39, 0.29) is 16.5 Å². The van der Waals surface area contributed by atoms with Gasteiger partial charge in [0.15, 0.2) is 0 Å². The number of fused-ring (bicyclic) bond motifs is 10. The zero-order valence-electron chi connectivity index (χ0n) is 28.1. The van der Waals surface area contributed by atoms with Crippen molar-refractivity contribution in [3.05, 3.63) is 177 Å². The number of rotatable bonds is 2. The summed E-state index contributed by atoms with van der Waals surface area (Å²) in [6.45, 7) is 4.66. The first kappa shape index (κ1) is 28.3. The normalized spacial score (nSPS) is 13.6. The van der Waals surface area contributed by atoms with Crippen molar-refractivity contribution in [1.29, 1.82) is 0 Å². The van der Waals surface area contributed by atoms with Crippen molar-refractivity contribution < 1.29 is 0 Å². The molecule has 0 saturated heterocycles. The Kier molecular flexibility index (Phi) is 5.44. The van der Waals surface area contributed by atoms with Gasteiger partial charge in [-0.05, 0) is 105 Å². The topological polar surface area (TPSA) is 43.5 Å². The summed E-state index contributed by atoms with van der Waals surface area (Å²) in [5, 5.41) is 6.95. The Balaban J connectivity index is 1.26. The zero-order chi connectivity index (χ0) is 34.2. The van der Waals surface area contributed by atoms with Crippen LogP contribution in [0.25, 0.3) is 87.6 Å². The first-order chi connectivity index (χ1) is 24.9. The molecule has 3 aromatic heterocycles. The molecular formula is C47H30N2O2. The number of benzene rings is 7. The number of hydrogen-bond donors (Lipinski definition) is 0. The SMILES string of the molecule is CC1(C)c2ccccc2-c2cc3c4cc(-c5cc6c7ccccc7c(=O)n7c(=O)c8ccccc8c(c5)c67)ccc4n(-c4ccccc4)c3cc21. The standard InChI is InChI=1S/C47H30N2O2/c1-47(2)40-19-11-10-16-32(40)35-25-37-36-22-27(20-21-42(36)48(43(37)26-41(35)47)29-12-4-3-5-13-29)28-23-38-30-14-6-8-17-33(30)45(50)49-44(38)39(24-28)31-15-7-9-18-34(31)46(49)51/h3-26H,1-2H3. The summed E-state index contributed by atoms with van der Waals surface area (Å²) in [7, 11) is 0. The van der Waals surface area contributed by atoms with Crippen LogP contribution in [-0.4, -0.2) is 8.97 Å². The minimum Gasteiger partial charge on any atom is -0.309 e. The number of nitrogens with zero attached hydrogens (tertiary/aromatic N) is 2. The molecule has 7 aromatic carbocycles. The molecule has 240 valence electrons. The predicted molar refractivity (Wildman–Crippen MR) is 211 cm³/mol. The number of pyridine rings is 2. The molecule has 0 amide bonds. The fourth-order valence-electron chi connectivity index (χ4n) is 9.05. The van der Waals surface area contributed by atoms with Crippen LogP contribution in [0.4, 0.5) is 0 Å².